The maximum atomic E-state index is 6.01. The fraction of sp³-hybridized carbons (Fsp3) is 0.786. The van der Waals surface area contributed by atoms with Crippen molar-refractivity contribution in [3.63, 3.8) is 0 Å². The number of aryl methyl sites for hydroxylation is 1. The monoisotopic (exact) mass is 250 g/mol. The molecule has 4 heteroatoms. The molecule has 0 radical (unpaired) electrons. The molecule has 102 valence electrons. The number of nitrogens with zero attached hydrogens (tertiary/aromatic N) is 3. The Balaban J connectivity index is 2.13. The summed E-state index contributed by atoms with van der Waals surface area (Å²) in [6.07, 6.45) is 3.28. The van der Waals surface area contributed by atoms with Crippen LogP contribution in [0.5, 0.6) is 0 Å². The molecule has 2 heterocycles. The molecular formula is C14H26N4. The largest absolute Gasteiger partial charge is 0.329 e. The van der Waals surface area contributed by atoms with Crippen LogP contribution < -0.4 is 5.73 Å². The van der Waals surface area contributed by atoms with Gasteiger partial charge in [-0.15, -0.1) is 0 Å². The van der Waals surface area contributed by atoms with Crippen LogP contribution in [0.4, 0.5) is 0 Å². The highest BCUT2D eigenvalue weighted by Crippen LogP contribution is 2.31. The number of nitrogens with two attached hydrogens (primary N) is 1. The molecule has 0 bridgehead atoms. The fourth-order valence-electron chi connectivity index (χ4n) is 2.96. The summed E-state index contributed by atoms with van der Waals surface area (Å²) in [4.78, 5) is 2.54. The van der Waals surface area contributed by atoms with Crippen LogP contribution in [0.1, 0.15) is 37.6 Å². The zero-order valence-electron chi connectivity index (χ0n) is 12.1. The van der Waals surface area contributed by atoms with Gasteiger partial charge in [-0.05, 0) is 31.7 Å². The van der Waals surface area contributed by atoms with Gasteiger partial charge in [0.1, 0.15) is 0 Å². The average Bonchev–Trinajstić information content (AvgIpc) is 2.92. The molecule has 0 aromatic carbocycles. The summed E-state index contributed by atoms with van der Waals surface area (Å²) in [7, 11) is 1.99. The Labute approximate surface area is 110 Å². The van der Waals surface area contributed by atoms with E-state index < -0.39 is 0 Å². The van der Waals surface area contributed by atoms with Gasteiger partial charge in [-0.3, -0.25) is 9.58 Å². The minimum Gasteiger partial charge on any atom is -0.329 e. The predicted octanol–water partition coefficient (Wildman–Crippen LogP) is 1.71. The summed E-state index contributed by atoms with van der Waals surface area (Å²) < 4.78 is 1.94. The maximum absolute atomic E-state index is 6.01. The molecule has 0 amide bonds. The van der Waals surface area contributed by atoms with Gasteiger partial charge in [-0.2, -0.15) is 5.10 Å². The van der Waals surface area contributed by atoms with Crippen LogP contribution in [-0.2, 0) is 7.05 Å². The van der Waals surface area contributed by atoms with Crippen LogP contribution in [0.2, 0.25) is 0 Å². The molecule has 1 aliphatic heterocycles. The van der Waals surface area contributed by atoms with Crippen LogP contribution >= 0.6 is 0 Å². The van der Waals surface area contributed by atoms with E-state index in [1.54, 1.807) is 0 Å². The van der Waals surface area contributed by atoms with Crippen molar-refractivity contribution in [3.05, 3.63) is 17.5 Å². The molecule has 0 saturated carbocycles. The number of hydrogen-bond donors (Lipinski definition) is 1. The van der Waals surface area contributed by atoms with Crippen molar-refractivity contribution in [1.82, 2.24) is 14.7 Å². The van der Waals surface area contributed by atoms with Crippen LogP contribution in [0.25, 0.3) is 0 Å². The second-order valence-electron chi connectivity index (χ2n) is 5.85. The van der Waals surface area contributed by atoms with E-state index in [2.05, 4.69) is 30.8 Å². The first-order valence-corrected chi connectivity index (χ1v) is 6.97. The SMILES string of the molecule is Cc1c(C(CN)N2CCC(C(C)C)C2)cnn1C. The highest BCUT2D eigenvalue weighted by atomic mass is 15.3. The standard InChI is InChI=1S/C14H26N4/c1-10(2)12-5-6-18(9-12)14(7-15)13-8-16-17(4)11(13)3/h8,10,12,14H,5-7,9,15H2,1-4H3. The quantitative estimate of drug-likeness (QED) is 0.885. The summed E-state index contributed by atoms with van der Waals surface area (Å²) in [5.74, 6) is 1.58. The van der Waals surface area contributed by atoms with E-state index >= 15 is 0 Å². The molecule has 1 aromatic rings. The second kappa shape index (κ2) is 5.41. The Morgan fingerprint density at radius 1 is 1.50 bits per heavy atom. The van der Waals surface area contributed by atoms with E-state index in [4.69, 9.17) is 5.73 Å². The van der Waals surface area contributed by atoms with E-state index in [9.17, 15) is 0 Å². The molecule has 1 fully saturated rings. The van der Waals surface area contributed by atoms with Crippen molar-refractivity contribution in [2.45, 2.75) is 33.2 Å². The van der Waals surface area contributed by atoms with Crippen LogP contribution in [0, 0.1) is 18.8 Å². The third kappa shape index (κ3) is 2.45. The third-order valence-electron chi connectivity index (χ3n) is 4.50. The van der Waals surface area contributed by atoms with Gasteiger partial charge in [-0.25, -0.2) is 0 Å². The lowest BCUT2D eigenvalue weighted by Crippen LogP contribution is -2.32. The molecule has 2 rings (SSSR count). The molecule has 2 atom stereocenters. The zero-order valence-corrected chi connectivity index (χ0v) is 12.1. The van der Waals surface area contributed by atoms with E-state index in [1.165, 1.54) is 30.8 Å². The molecule has 1 aromatic heterocycles. The van der Waals surface area contributed by atoms with Crippen molar-refractivity contribution in [3.8, 4) is 0 Å². The first-order valence-electron chi connectivity index (χ1n) is 6.97. The lowest BCUT2D eigenvalue weighted by atomic mass is 9.95. The molecule has 0 spiro atoms. The second-order valence-corrected chi connectivity index (χ2v) is 5.85. The van der Waals surface area contributed by atoms with E-state index in [0.29, 0.717) is 12.6 Å². The third-order valence-corrected chi connectivity index (χ3v) is 4.50. The zero-order chi connectivity index (χ0) is 13.3. The maximum Gasteiger partial charge on any atom is 0.0540 e. The van der Waals surface area contributed by atoms with Crippen molar-refractivity contribution >= 4 is 0 Å². The van der Waals surface area contributed by atoms with E-state index in [0.717, 1.165) is 11.8 Å². The summed E-state index contributed by atoms with van der Waals surface area (Å²) in [5.41, 5.74) is 8.54. The predicted molar refractivity (Wildman–Crippen MR) is 74.3 cm³/mol. The van der Waals surface area contributed by atoms with Crippen molar-refractivity contribution in [1.29, 1.82) is 0 Å². The summed E-state index contributed by atoms with van der Waals surface area (Å²) in [6, 6.07) is 0.336. The summed E-state index contributed by atoms with van der Waals surface area (Å²) in [5, 5.41) is 4.34. The molecule has 0 aliphatic carbocycles. The Kier molecular flexibility index (Phi) is 4.07. The minimum absolute atomic E-state index is 0.336. The lowest BCUT2D eigenvalue weighted by Gasteiger charge is -2.27. The van der Waals surface area contributed by atoms with Gasteiger partial charge in [0.2, 0.25) is 0 Å². The smallest absolute Gasteiger partial charge is 0.0540 e. The Bertz CT molecular complexity index is 396. The van der Waals surface area contributed by atoms with Crippen molar-refractivity contribution < 1.29 is 0 Å². The van der Waals surface area contributed by atoms with Gasteiger partial charge in [0.05, 0.1) is 12.2 Å². The van der Waals surface area contributed by atoms with E-state index in [-0.39, 0.29) is 0 Å². The van der Waals surface area contributed by atoms with Crippen molar-refractivity contribution in [2.24, 2.45) is 24.6 Å². The number of likely N-dealkylation sites (tertiary alicyclic amines) is 1. The molecule has 4 nitrogen and oxygen atoms in total. The average molecular weight is 250 g/mol. The lowest BCUT2D eigenvalue weighted by molar-refractivity contribution is 0.231. The summed E-state index contributed by atoms with van der Waals surface area (Å²) >= 11 is 0. The molecule has 1 aliphatic rings. The normalized spacial score (nSPS) is 22.9. The topological polar surface area (TPSA) is 47.1 Å². The number of aromatic nitrogens is 2. The minimum atomic E-state index is 0.336. The Hall–Kier alpha value is -0.870. The molecule has 18 heavy (non-hydrogen) atoms. The van der Waals surface area contributed by atoms with Crippen LogP contribution in [0.15, 0.2) is 6.20 Å². The fourth-order valence-corrected chi connectivity index (χ4v) is 2.96. The van der Waals surface area contributed by atoms with Crippen LogP contribution in [-0.4, -0.2) is 34.3 Å². The number of rotatable bonds is 4. The summed E-state index contributed by atoms with van der Waals surface area (Å²) in [6.45, 7) is 9.78. The Morgan fingerprint density at radius 3 is 2.67 bits per heavy atom. The van der Waals surface area contributed by atoms with Gasteiger partial charge in [-0.1, -0.05) is 13.8 Å². The number of hydrogen-bond acceptors (Lipinski definition) is 3. The van der Waals surface area contributed by atoms with Gasteiger partial charge < -0.3 is 5.73 Å². The van der Waals surface area contributed by atoms with Gasteiger partial charge in [0.25, 0.3) is 0 Å². The molecule has 1 saturated heterocycles. The van der Waals surface area contributed by atoms with Crippen molar-refractivity contribution in [2.75, 3.05) is 19.6 Å². The van der Waals surface area contributed by atoms with Gasteiger partial charge in [0, 0.05) is 31.4 Å². The first-order chi connectivity index (χ1) is 8.54. The molecule has 2 unspecified atom stereocenters. The van der Waals surface area contributed by atoms with Gasteiger partial charge in [0.15, 0.2) is 0 Å². The molecular weight excluding hydrogens is 224 g/mol. The highest BCUT2D eigenvalue weighted by Gasteiger charge is 2.31. The van der Waals surface area contributed by atoms with Gasteiger partial charge >= 0.3 is 0 Å². The first kappa shape index (κ1) is 13.6. The van der Waals surface area contributed by atoms with E-state index in [1.807, 2.05) is 17.9 Å². The Morgan fingerprint density at radius 2 is 2.22 bits per heavy atom. The molecule has 2 N–H and O–H groups in total. The highest BCUT2D eigenvalue weighted by molar-refractivity contribution is 5.21. The van der Waals surface area contributed by atoms with Crippen LogP contribution in [0.3, 0.4) is 0 Å².